The summed E-state index contributed by atoms with van der Waals surface area (Å²) in [5, 5.41) is 3.11. The number of rotatable bonds is 5. The van der Waals surface area contributed by atoms with Crippen molar-refractivity contribution in [3.63, 3.8) is 0 Å². The highest BCUT2D eigenvalue weighted by Crippen LogP contribution is 2.14. The van der Waals surface area contributed by atoms with Crippen LogP contribution in [0.5, 0.6) is 0 Å². The molecule has 1 N–H and O–H groups in total. The third-order valence-electron chi connectivity index (χ3n) is 4.56. The van der Waals surface area contributed by atoms with Crippen molar-refractivity contribution >= 4 is 47.6 Å². The summed E-state index contributed by atoms with van der Waals surface area (Å²) in [6.45, 7) is 5.29. The Balaban J connectivity index is 0.00000420. The molecule has 0 unspecified atom stereocenters. The first-order valence-electron chi connectivity index (χ1n) is 9.39. The largest absolute Gasteiger partial charge is 0.353 e. The number of nitrogens with one attached hydrogen (secondary N) is 1. The molecule has 2 rings (SSSR count). The maximum atomic E-state index is 11.9. The Labute approximate surface area is 190 Å². The van der Waals surface area contributed by atoms with Gasteiger partial charge in [-0.3, -0.25) is 9.59 Å². The number of halogens is 1. The van der Waals surface area contributed by atoms with Crippen LogP contribution in [0.15, 0.2) is 23.3 Å². The summed E-state index contributed by atoms with van der Waals surface area (Å²) >= 11 is 0. The molecule has 1 aromatic heterocycles. The molecule has 0 spiro atoms. The van der Waals surface area contributed by atoms with Gasteiger partial charge in [0.05, 0.1) is 6.54 Å². The van der Waals surface area contributed by atoms with E-state index in [0.29, 0.717) is 5.96 Å². The number of aromatic nitrogens is 1. The number of guanidine groups is 1. The zero-order valence-corrected chi connectivity index (χ0v) is 20.2. The third-order valence-corrected chi connectivity index (χ3v) is 4.56. The molecule has 0 aliphatic carbocycles. The van der Waals surface area contributed by atoms with Crippen molar-refractivity contribution in [3.8, 4) is 0 Å². The number of pyridine rings is 1. The minimum Gasteiger partial charge on any atom is -0.353 e. The van der Waals surface area contributed by atoms with Gasteiger partial charge in [-0.15, -0.1) is 24.0 Å². The molecule has 0 bridgehead atoms. The second-order valence-corrected chi connectivity index (χ2v) is 7.24. The Morgan fingerprint density at radius 2 is 1.72 bits per heavy atom. The lowest BCUT2D eigenvalue weighted by atomic mass is 10.2. The minimum atomic E-state index is -0.0826. The smallest absolute Gasteiger partial charge is 0.243 e. The van der Waals surface area contributed by atoms with Gasteiger partial charge in [-0.1, -0.05) is 0 Å². The number of amides is 2. The van der Waals surface area contributed by atoms with Crippen LogP contribution in [0.1, 0.15) is 5.56 Å². The first-order chi connectivity index (χ1) is 13.3. The predicted octanol–water partition coefficient (Wildman–Crippen LogP) is 0.252. The van der Waals surface area contributed by atoms with Crippen molar-refractivity contribution in [2.45, 2.75) is 6.92 Å². The maximum Gasteiger partial charge on any atom is 0.243 e. The molecule has 1 aliphatic heterocycles. The van der Waals surface area contributed by atoms with E-state index in [-0.39, 0.29) is 48.9 Å². The summed E-state index contributed by atoms with van der Waals surface area (Å²) in [5.74, 6) is 1.42. The van der Waals surface area contributed by atoms with Gasteiger partial charge in [0, 0.05) is 60.6 Å². The molecule has 29 heavy (non-hydrogen) atoms. The summed E-state index contributed by atoms with van der Waals surface area (Å²) in [5.41, 5.74) is 1.18. The van der Waals surface area contributed by atoms with E-state index in [0.717, 1.165) is 32.0 Å². The molecule has 2 heterocycles. The topological polar surface area (TPSA) is 84.4 Å². The van der Waals surface area contributed by atoms with Crippen molar-refractivity contribution in [1.29, 1.82) is 0 Å². The minimum absolute atomic E-state index is 0. The predicted molar refractivity (Wildman–Crippen MR) is 126 cm³/mol. The number of aryl methyl sites for hydroxylation is 1. The summed E-state index contributed by atoms with van der Waals surface area (Å²) in [4.78, 5) is 40.1. The normalized spacial score (nSPS) is 14.2. The number of hydrogen-bond acceptors (Lipinski definition) is 5. The lowest BCUT2D eigenvalue weighted by Gasteiger charge is -2.37. The standard InChI is InChI=1S/C19H31N7O2.HI/c1-15-6-7-20-16(12-15)25-8-10-26(11-9-25)19(21-13-17(27)23(2)3)22-14-18(28)24(4)5;/h6-7,12H,8-11,13-14H2,1-5H3,(H,21,22);1H. The van der Waals surface area contributed by atoms with Gasteiger partial charge in [-0.2, -0.15) is 0 Å². The molecule has 1 saturated heterocycles. The van der Waals surface area contributed by atoms with Crippen LogP contribution in [0, 0.1) is 6.92 Å². The highest BCUT2D eigenvalue weighted by molar-refractivity contribution is 14.0. The lowest BCUT2D eigenvalue weighted by Crippen LogP contribution is -2.54. The first-order valence-corrected chi connectivity index (χ1v) is 9.39. The second-order valence-electron chi connectivity index (χ2n) is 7.24. The van der Waals surface area contributed by atoms with E-state index < -0.39 is 0 Å². The molecular weight excluding hydrogens is 485 g/mol. The molecule has 10 heteroatoms. The number of aliphatic imine (C=N–C) groups is 1. The van der Waals surface area contributed by atoms with E-state index in [1.165, 1.54) is 15.4 Å². The van der Waals surface area contributed by atoms with Crippen LogP contribution in [-0.2, 0) is 9.59 Å². The molecule has 162 valence electrons. The molecule has 0 atom stereocenters. The number of likely N-dealkylation sites (N-methyl/N-ethyl adjacent to an activating group) is 2. The molecule has 0 aromatic carbocycles. The summed E-state index contributed by atoms with van der Waals surface area (Å²) < 4.78 is 0. The summed E-state index contributed by atoms with van der Waals surface area (Å²) in [6.07, 6.45) is 1.82. The van der Waals surface area contributed by atoms with Gasteiger partial charge in [0.25, 0.3) is 0 Å². The van der Waals surface area contributed by atoms with Crippen molar-refractivity contribution in [2.24, 2.45) is 4.99 Å². The number of nitrogens with zero attached hydrogens (tertiary/aromatic N) is 6. The fourth-order valence-corrected chi connectivity index (χ4v) is 2.70. The monoisotopic (exact) mass is 517 g/mol. The van der Waals surface area contributed by atoms with Crippen LogP contribution in [-0.4, -0.2) is 105 Å². The van der Waals surface area contributed by atoms with E-state index in [4.69, 9.17) is 0 Å². The van der Waals surface area contributed by atoms with Gasteiger partial charge < -0.3 is 24.9 Å². The van der Waals surface area contributed by atoms with Gasteiger partial charge in [0.2, 0.25) is 11.8 Å². The van der Waals surface area contributed by atoms with Crippen molar-refractivity contribution < 1.29 is 9.59 Å². The number of anilines is 1. The van der Waals surface area contributed by atoms with Crippen LogP contribution < -0.4 is 10.2 Å². The van der Waals surface area contributed by atoms with Crippen LogP contribution >= 0.6 is 24.0 Å². The van der Waals surface area contributed by atoms with E-state index in [2.05, 4.69) is 38.1 Å². The van der Waals surface area contributed by atoms with E-state index in [9.17, 15) is 9.59 Å². The average Bonchev–Trinajstić information content (AvgIpc) is 2.67. The highest BCUT2D eigenvalue weighted by atomic mass is 127. The van der Waals surface area contributed by atoms with Crippen molar-refractivity contribution in [1.82, 2.24) is 25.0 Å². The summed E-state index contributed by atoms with van der Waals surface area (Å²) in [6, 6.07) is 4.06. The molecule has 1 aliphatic rings. The van der Waals surface area contributed by atoms with Crippen LogP contribution in [0.3, 0.4) is 0 Å². The number of carbonyl (C=O) groups excluding carboxylic acids is 2. The number of piperazine rings is 1. The zero-order chi connectivity index (χ0) is 20.7. The van der Waals surface area contributed by atoms with Gasteiger partial charge >= 0.3 is 0 Å². The average molecular weight is 517 g/mol. The van der Waals surface area contributed by atoms with Crippen LogP contribution in [0.25, 0.3) is 0 Å². The Hall–Kier alpha value is -2.11. The maximum absolute atomic E-state index is 11.9. The Morgan fingerprint density at radius 3 is 2.28 bits per heavy atom. The molecule has 2 amide bonds. The lowest BCUT2D eigenvalue weighted by molar-refractivity contribution is -0.127. The second kappa shape index (κ2) is 11.8. The van der Waals surface area contributed by atoms with E-state index >= 15 is 0 Å². The van der Waals surface area contributed by atoms with E-state index in [1.807, 2.05) is 12.3 Å². The highest BCUT2D eigenvalue weighted by Gasteiger charge is 2.21. The fourth-order valence-electron chi connectivity index (χ4n) is 2.70. The van der Waals surface area contributed by atoms with Crippen LogP contribution in [0.2, 0.25) is 0 Å². The van der Waals surface area contributed by atoms with Gasteiger partial charge in [-0.25, -0.2) is 9.98 Å². The quantitative estimate of drug-likeness (QED) is 0.343. The Kier molecular flexibility index (Phi) is 10.1. The summed E-state index contributed by atoms with van der Waals surface area (Å²) in [7, 11) is 6.83. The SMILES string of the molecule is Cc1ccnc(N2CCN(C(=NCC(=O)N(C)C)NCC(=O)N(C)C)CC2)c1.I. The Bertz CT molecular complexity index is 716. The van der Waals surface area contributed by atoms with Gasteiger partial charge in [-0.05, 0) is 24.6 Å². The molecule has 9 nitrogen and oxygen atoms in total. The number of hydrogen-bond donors (Lipinski definition) is 1. The van der Waals surface area contributed by atoms with Gasteiger partial charge in [0.15, 0.2) is 5.96 Å². The molecule has 1 aromatic rings. The van der Waals surface area contributed by atoms with Crippen molar-refractivity contribution in [2.75, 3.05) is 72.4 Å². The van der Waals surface area contributed by atoms with Gasteiger partial charge in [0.1, 0.15) is 12.4 Å². The molecular formula is C19H32IN7O2. The van der Waals surface area contributed by atoms with Crippen molar-refractivity contribution in [3.05, 3.63) is 23.9 Å². The first kappa shape index (κ1) is 24.9. The molecule has 1 fully saturated rings. The fraction of sp³-hybridized carbons (Fsp3) is 0.579. The van der Waals surface area contributed by atoms with E-state index in [1.54, 1.807) is 28.2 Å². The Morgan fingerprint density at radius 1 is 1.10 bits per heavy atom. The third kappa shape index (κ3) is 7.67. The number of carbonyl (C=O) groups is 2. The molecule has 0 radical (unpaired) electrons. The molecule has 0 saturated carbocycles. The zero-order valence-electron chi connectivity index (χ0n) is 17.9. The van der Waals surface area contributed by atoms with Crippen LogP contribution in [0.4, 0.5) is 5.82 Å².